The van der Waals surface area contributed by atoms with Crippen LogP contribution in [-0.2, 0) is 9.47 Å². The van der Waals surface area contributed by atoms with Crippen LogP contribution in [0.3, 0.4) is 0 Å². The average molecular weight is 326 g/mol. The summed E-state index contributed by atoms with van der Waals surface area (Å²) in [5, 5.41) is 0. The second kappa shape index (κ2) is 8.34. The van der Waals surface area contributed by atoms with Gasteiger partial charge in [-0.3, -0.25) is 0 Å². The lowest BCUT2D eigenvalue weighted by molar-refractivity contribution is 0.0121. The first-order chi connectivity index (χ1) is 10.9. The van der Waals surface area contributed by atoms with Gasteiger partial charge in [0, 0.05) is 33.3 Å². The lowest BCUT2D eigenvalue weighted by atomic mass is 9.80. The zero-order valence-electron chi connectivity index (χ0n) is 15.3. The Bertz CT molecular complexity index is 373. The summed E-state index contributed by atoms with van der Waals surface area (Å²) in [6.45, 7) is 11.7. The van der Waals surface area contributed by atoms with Gasteiger partial charge in [-0.05, 0) is 64.8 Å². The number of likely N-dealkylation sites (tertiary alicyclic amines) is 2. The number of piperidine rings is 2. The van der Waals surface area contributed by atoms with Crippen LogP contribution in [0.1, 0.15) is 46.5 Å². The van der Waals surface area contributed by atoms with E-state index < -0.39 is 5.60 Å². The number of carbonyl (C=O) groups is 1. The van der Waals surface area contributed by atoms with Crippen molar-refractivity contribution in [1.29, 1.82) is 0 Å². The third kappa shape index (κ3) is 5.96. The number of hydrogen-bond donors (Lipinski definition) is 0. The van der Waals surface area contributed by atoms with Crippen molar-refractivity contribution >= 4 is 6.09 Å². The molecular formula is C18H34N2O3. The summed E-state index contributed by atoms with van der Waals surface area (Å²) in [4.78, 5) is 16.6. The van der Waals surface area contributed by atoms with Crippen LogP contribution in [0.4, 0.5) is 4.79 Å². The van der Waals surface area contributed by atoms with E-state index in [-0.39, 0.29) is 6.09 Å². The first-order valence-corrected chi connectivity index (χ1v) is 9.08. The van der Waals surface area contributed by atoms with Gasteiger partial charge in [-0.2, -0.15) is 0 Å². The van der Waals surface area contributed by atoms with Crippen molar-refractivity contribution in [3.8, 4) is 0 Å². The van der Waals surface area contributed by atoms with E-state index in [1.54, 1.807) is 7.11 Å². The van der Waals surface area contributed by atoms with E-state index in [0.717, 1.165) is 50.9 Å². The molecule has 2 rings (SSSR count). The van der Waals surface area contributed by atoms with Crippen molar-refractivity contribution < 1.29 is 14.3 Å². The van der Waals surface area contributed by atoms with Crippen molar-refractivity contribution in [2.45, 2.75) is 52.1 Å². The van der Waals surface area contributed by atoms with E-state index in [4.69, 9.17) is 9.47 Å². The molecule has 2 aliphatic rings. The second-order valence-corrected chi connectivity index (χ2v) is 8.00. The van der Waals surface area contributed by atoms with E-state index in [0.29, 0.717) is 0 Å². The standard InChI is InChI=1S/C18H34N2O3/c1-18(2,3)23-17(21)20-10-7-15(8-11-20)16-6-5-9-19(14-16)12-13-22-4/h15-16H,5-14H2,1-4H3/t16-/m0/s1. The minimum atomic E-state index is -0.404. The average Bonchev–Trinajstić information content (AvgIpc) is 2.52. The van der Waals surface area contributed by atoms with Crippen molar-refractivity contribution in [3.05, 3.63) is 0 Å². The Morgan fingerprint density at radius 2 is 1.78 bits per heavy atom. The van der Waals surface area contributed by atoms with Gasteiger partial charge in [-0.15, -0.1) is 0 Å². The van der Waals surface area contributed by atoms with Gasteiger partial charge in [-0.1, -0.05) is 0 Å². The van der Waals surface area contributed by atoms with Gasteiger partial charge in [0.1, 0.15) is 5.60 Å². The Kier molecular flexibility index (Phi) is 6.72. The number of methoxy groups -OCH3 is 1. The van der Waals surface area contributed by atoms with Crippen LogP contribution in [0, 0.1) is 11.8 Å². The fourth-order valence-electron chi connectivity index (χ4n) is 3.78. The van der Waals surface area contributed by atoms with Crippen LogP contribution in [0.2, 0.25) is 0 Å². The van der Waals surface area contributed by atoms with Gasteiger partial charge in [0.2, 0.25) is 0 Å². The van der Waals surface area contributed by atoms with Crippen LogP contribution in [0.15, 0.2) is 0 Å². The summed E-state index contributed by atoms with van der Waals surface area (Å²) in [6.07, 6.45) is 4.70. The van der Waals surface area contributed by atoms with Gasteiger partial charge in [0.25, 0.3) is 0 Å². The number of nitrogens with zero attached hydrogens (tertiary/aromatic N) is 2. The highest BCUT2D eigenvalue weighted by Gasteiger charge is 2.32. The molecule has 134 valence electrons. The van der Waals surface area contributed by atoms with E-state index in [1.165, 1.54) is 25.9 Å². The lowest BCUT2D eigenvalue weighted by Crippen LogP contribution is -2.46. The SMILES string of the molecule is COCCN1CCC[C@H](C2CCN(C(=O)OC(C)(C)C)CC2)C1. The fraction of sp³-hybridized carbons (Fsp3) is 0.944. The molecule has 2 fully saturated rings. The van der Waals surface area contributed by atoms with Gasteiger partial charge >= 0.3 is 6.09 Å². The maximum Gasteiger partial charge on any atom is 0.410 e. The Morgan fingerprint density at radius 1 is 1.09 bits per heavy atom. The number of hydrogen-bond acceptors (Lipinski definition) is 4. The summed E-state index contributed by atoms with van der Waals surface area (Å²) in [5.74, 6) is 1.53. The third-order valence-electron chi connectivity index (χ3n) is 5.01. The Balaban J connectivity index is 1.76. The molecular weight excluding hydrogens is 292 g/mol. The van der Waals surface area contributed by atoms with Crippen LogP contribution < -0.4 is 0 Å². The normalized spacial score (nSPS) is 24.7. The molecule has 23 heavy (non-hydrogen) atoms. The van der Waals surface area contributed by atoms with Gasteiger partial charge in [-0.25, -0.2) is 4.79 Å². The lowest BCUT2D eigenvalue weighted by Gasteiger charge is -2.41. The molecule has 0 aromatic heterocycles. The molecule has 0 aromatic rings. The van der Waals surface area contributed by atoms with Crippen molar-refractivity contribution in [2.75, 3.05) is 46.4 Å². The molecule has 5 heteroatoms. The minimum Gasteiger partial charge on any atom is -0.444 e. The van der Waals surface area contributed by atoms with Crippen LogP contribution in [-0.4, -0.2) is 67.9 Å². The highest BCUT2D eigenvalue weighted by molar-refractivity contribution is 5.68. The van der Waals surface area contributed by atoms with Gasteiger partial charge < -0.3 is 19.3 Å². The van der Waals surface area contributed by atoms with Crippen molar-refractivity contribution in [3.63, 3.8) is 0 Å². The molecule has 0 spiro atoms. The fourth-order valence-corrected chi connectivity index (χ4v) is 3.78. The largest absolute Gasteiger partial charge is 0.444 e. The summed E-state index contributed by atoms with van der Waals surface area (Å²) >= 11 is 0. The molecule has 5 nitrogen and oxygen atoms in total. The summed E-state index contributed by atoms with van der Waals surface area (Å²) in [5.41, 5.74) is -0.404. The summed E-state index contributed by atoms with van der Waals surface area (Å²) in [6, 6.07) is 0. The number of carbonyl (C=O) groups excluding carboxylic acids is 1. The monoisotopic (exact) mass is 326 g/mol. The first-order valence-electron chi connectivity index (χ1n) is 9.08. The van der Waals surface area contributed by atoms with E-state index in [1.807, 2.05) is 25.7 Å². The molecule has 0 radical (unpaired) electrons. The molecule has 0 bridgehead atoms. The number of amides is 1. The van der Waals surface area contributed by atoms with E-state index in [2.05, 4.69) is 4.90 Å². The smallest absolute Gasteiger partial charge is 0.410 e. The number of rotatable bonds is 4. The zero-order chi connectivity index (χ0) is 16.9. The maximum atomic E-state index is 12.1. The summed E-state index contributed by atoms with van der Waals surface area (Å²) in [7, 11) is 1.77. The predicted molar refractivity (Wildman–Crippen MR) is 91.6 cm³/mol. The number of ether oxygens (including phenoxy) is 2. The molecule has 0 unspecified atom stereocenters. The highest BCUT2D eigenvalue weighted by atomic mass is 16.6. The molecule has 1 amide bonds. The molecule has 2 saturated heterocycles. The third-order valence-corrected chi connectivity index (χ3v) is 5.01. The molecule has 0 N–H and O–H groups in total. The molecule has 0 aliphatic carbocycles. The topological polar surface area (TPSA) is 42.0 Å². The highest BCUT2D eigenvalue weighted by Crippen LogP contribution is 2.32. The Morgan fingerprint density at radius 3 is 2.39 bits per heavy atom. The Labute approximate surface area is 141 Å². The van der Waals surface area contributed by atoms with Crippen molar-refractivity contribution in [2.24, 2.45) is 11.8 Å². The van der Waals surface area contributed by atoms with E-state index >= 15 is 0 Å². The summed E-state index contributed by atoms with van der Waals surface area (Å²) < 4.78 is 10.7. The van der Waals surface area contributed by atoms with Gasteiger partial charge in [0.15, 0.2) is 0 Å². The van der Waals surface area contributed by atoms with Crippen LogP contribution >= 0.6 is 0 Å². The molecule has 0 aromatic carbocycles. The molecule has 2 heterocycles. The zero-order valence-corrected chi connectivity index (χ0v) is 15.3. The van der Waals surface area contributed by atoms with Gasteiger partial charge in [0.05, 0.1) is 6.61 Å². The second-order valence-electron chi connectivity index (χ2n) is 8.00. The molecule has 1 atom stereocenters. The predicted octanol–water partition coefficient (Wildman–Crippen LogP) is 2.99. The van der Waals surface area contributed by atoms with Crippen molar-refractivity contribution in [1.82, 2.24) is 9.80 Å². The van der Waals surface area contributed by atoms with Crippen LogP contribution in [0.5, 0.6) is 0 Å². The van der Waals surface area contributed by atoms with E-state index in [9.17, 15) is 4.79 Å². The quantitative estimate of drug-likeness (QED) is 0.796. The Hall–Kier alpha value is -0.810. The molecule has 2 aliphatic heterocycles. The van der Waals surface area contributed by atoms with Crippen LogP contribution in [0.25, 0.3) is 0 Å². The maximum absolute atomic E-state index is 12.1. The minimum absolute atomic E-state index is 0.152. The first kappa shape index (κ1) is 18.5. The molecule has 0 saturated carbocycles.